The van der Waals surface area contributed by atoms with E-state index in [1.165, 1.54) is 12.1 Å². The lowest BCUT2D eigenvalue weighted by Crippen LogP contribution is -2.25. The summed E-state index contributed by atoms with van der Waals surface area (Å²) >= 11 is 0. The molecule has 0 aliphatic rings. The van der Waals surface area contributed by atoms with Gasteiger partial charge in [-0.2, -0.15) is 0 Å². The van der Waals surface area contributed by atoms with Crippen LogP contribution in [-0.4, -0.2) is 23.6 Å². The predicted octanol–water partition coefficient (Wildman–Crippen LogP) is 3.02. The number of rotatable bonds is 6. The van der Waals surface area contributed by atoms with Gasteiger partial charge in [0.2, 0.25) is 0 Å². The second-order valence-corrected chi connectivity index (χ2v) is 4.89. The molecule has 1 heterocycles. The highest BCUT2D eigenvalue weighted by molar-refractivity contribution is 5.39. The maximum atomic E-state index is 13.6. The first-order valence-corrected chi connectivity index (χ1v) is 7.01. The second-order valence-electron chi connectivity index (χ2n) is 4.89. The summed E-state index contributed by atoms with van der Waals surface area (Å²) in [5, 5.41) is 3.35. The molecule has 0 radical (unpaired) electrons. The summed E-state index contributed by atoms with van der Waals surface area (Å²) in [7, 11) is 1.57. The highest BCUT2D eigenvalue weighted by atomic mass is 19.1. The van der Waals surface area contributed by atoms with Gasteiger partial charge in [0.25, 0.3) is 0 Å². The average Bonchev–Trinajstić information content (AvgIpc) is 2.49. The highest BCUT2D eigenvalue weighted by Crippen LogP contribution is 2.29. The Morgan fingerprint density at radius 1 is 1.29 bits per heavy atom. The fourth-order valence-corrected chi connectivity index (χ4v) is 2.11. The molecule has 1 unspecified atom stereocenters. The number of nitrogens with one attached hydrogen (secondary N) is 1. The average molecular weight is 289 g/mol. The van der Waals surface area contributed by atoms with Crippen molar-refractivity contribution in [1.82, 2.24) is 15.3 Å². The van der Waals surface area contributed by atoms with E-state index in [-0.39, 0.29) is 11.9 Å². The highest BCUT2D eigenvalue weighted by Gasteiger charge is 2.20. The topological polar surface area (TPSA) is 47.0 Å². The summed E-state index contributed by atoms with van der Waals surface area (Å²) in [6.07, 6.45) is 4.48. The van der Waals surface area contributed by atoms with E-state index in [1.807, 2.05) is 6.92 Å². The van der Waals surface area contributed by atoms with Gasteiger partial charge in [-0.1, -0.05) is 6.92 Å². The van der Waals surface area contributed by atoms with Gasteiger partial charge in [-0.25, -0.2) is 14.4 Å². The largest absolute Gasteiger partial charge is 0.496 e. The zero-order chi connectivity index (χ0) is 15.2. The second kappa shape index (κ2) is 7.13. The number of aryl methyl sites for hydroxylation is 1. The number of nitrogens with zero attached hydrogens (tertiary/aromatic N) is 2. The fraction of sp³-hybridized carbons (Fsp3) is 0.375. The first kappa shape index (κ1) is 15.4. The summed E-state index contributed by atoms with van der Waals surface area (Å²) in [4.78, 5) is 8.72. The maximum Gasteiger partial charge on any atom is 0.149 e. The molecule has 0 aliphatic heterocycles. The Morgan fingerprint density at radius 2 is 2.00 bits per heavy atom. The Morgan fingerprint density at radius 3 is 2.62 bits per heavy atom. The van der Waals surface area contributed by atoms with Crippen LogP contribution >= 0.6 is 0 Å². The Bertz CT molecular complexity index is 587. The van der Waals surface area contributed by atoms with Crippen molar-refractivity contribution in [2.75, 3.05) is 13.7 Å². The summed E-state index contributed by atoms with van der Waals surface area (Å²) < 4.78 is 19.0. The molecule has 112 valence electrons. The van der Waals surface area contributed by atoms with Crippen molar-refractivity contribution >= 4 is 0 Å². The van der Waals surface area contributed by atoms with E-state index in [0.717, 1.165) is 18.5 Å². The van der Waals surface area contributed by atoms with Crippen molar-refractivity contribution < 1.29 is 9.13 Å². The molecule has 0 bridgehead atoms. The molecular formula is C16H20FN3O. The molecule has 0 saturated carbocycles. The molecule has 0 spiro atoms. The third-order valence-electron chi connectivity index (χ3n) is 3.16. The Hall–Kier alpha value is -2.01. The molecular weight excluding hydrogens is 269 g/mol. The van der Waals surface area contributed by atoms with Crippen LogP contribution in [0.25, 0.3) is 0 Å². The summed E-state index contributed by atoms with van der Waals surface area (Å²) in [5.41, 5.74) is 1.69. The number of aromatic nitrogens is 2. The number of methoxy groups -OCH3 is 1. The van der Waals surface area contributed by atoms with Gasteiger partial charge in [0.15, 0.2) is 0 Å². The van der Waals surface area contributed by atoms with Gasteiger partial charge in [-0.15, -0.1) is 0 Å². The zero-order valence-corrected chi connectivity index (χ0v) is 12.6. The first-order valence-electron chi connectivity index (χ1n) is 7.01. The minimum Gasteiger partial charge on any atom is -0.496 e. The molecule has 1 aromatic heterocycles. The van der Waals surface area contributed by atoms with Crippen LogP contribution in [0.1, 0.15) is 36.3 Å². The standard InChI is InChI=1S/C16H20FN3O/c1-4-7-18-15(16-19-9-11(2)10-20-16)13-8-12(17)5-6-14(13)21-3/h5-6,8-10,15,18H,4,7H2,1-3H3. The van der Waals surface area contributed by atoms with Gasteiger partial charge in [0, 0.05) is 18.0 Å². The van der Waals surface area contributed by atoms with Crippen molar-refractivity contribution in [1.29, 1.82) is 0 Å². The van der Waals surface area contributed by atoms with Crippen LogP contribution in [0, 0.1) is 12.7 Å². The van der Waals surface area contributed by atoms with Crippen LogP contribution in [-0.2, 0) is 0 Å². The molecule has 0 fully saturated rings. The predicted molar refractivity (Wildman–Crippen MR) is 79.9 cm³/mol. The monoisotopic (exact) mass is 289 g/mol. The van der Waals surface area contributed by atoms with Crippen molar-refractivity contribution in [3.8, 4) is 5.75 Å². The van der Waals surface area contributed by atoms with E-state index in [9.17, 15) is 4.39 Å². The SMILES string of the molecule is CCCNC(c1ncc(C)cn1)c1cc(F)ccc1OC. The molecule has 5 heteroatoms. The van der Waals surface area contributed by atoms with E-state index in [1.54, 1.807) is 25.6 Å². The molecule has 2 aromatic rings. The molecule has 0 amide bonds. The molecule has 0 aliphatic carbocycles. The van der Waals surface area contributed by atoms with Crippen LogP contribution in [0.5, 0.6) is 5.75 Å². The minimum absolute atomic E-state index is 0.295. The van der Waals surface area contributed by atoms with Crippen molar-refractivity contribution in [2.45, 2.75) is 26.3 Å². The third-order valence-corrected chi connectivity index (χ3v) is 3.16. The van der Waals surface area contributed by atoms with Crippen LogP contribution in [0.15, 0.2) is 30.6 Å². The van der Waals surface area contributed by atoms with E-state index in [4.69, 9.17) is 4.74 Å². The molecule has 4 nitrogen and oxygen atoms in total. The van der Waals surface area contributed by atoms with Gasteiger partial charge in [-0.05, 0) is 43.7 Å². The Kier molecular flexibility index (Phi) is 5.22. The summed E-state index contributed by atoms with van der Waals surface area (Å²) in [5.74, 6) is 0.924. The Balaban J connectivity index is 2.44. The van der Waals surface area contributed by atoms with Crippen LogP contribution in [0.2, 0.25) is 0 Å². The molecule has 1 N–H and O–H groups in total. The Labute approximate surface area is 124 Å². The van der Waals surface area contributed by atoms with Gasteiger partial charge in [0.05, 0.1) is 13.2 Å². The van der Waals surface area contributed by atoms with E-state index in [0.29, 0.717) is 17.1 Å². The number of ether oxygens (including phenoxy) is 1. The zero-order valence-electron chi connectivity index (χ0n) is 12.6. The van der Waals surface area contributed by atoms with Crippen LogP contribution < -0.4 is 10.1 Å². The number of hydrogen-bond donors (Lipinski definition) is 1. The van der Waals surface area contributed by atoms with Crippen LogP contribution in [0.3, 0.4) is 0 Å². The molecule has 0 saturated heterocycles. The number of halogens is 1. The smallest absolute Gasteiger partial charge is 0.149 e. The number of benzene rings is 1. The first-order chi connectivity index (χ1) is 10.2. The quantitative estimate of drug-likeness (QED) is 0.888. The van der Waals surface area contributed by atoms with Crippen molar-refractivity contribution in [2.24, 2.45) is 0 Å². The minimum atomic E-state index is -0.304. The van der Waals surface area contributed by atoms with Crippen LogP contribution in [0.4, 0.5) is 4.39 Å². The van der Waals surface area contributed by atoms with Crippen molar-refractivity contribution in [3.63, 3.8) is 0 Å². The molecule has 1 aromatic carbocycles. The lowest BCUT2D eigenvalue weighted by Gasteiger charge is -2.20. The van der Waals surface area contributed by atoms with E-state index < -0.39 is 0 Å². The van der Waals surface area contributed by atoms with Gasteiger partial charge >= 0.3 is 0 Å². The van der Waals surface area contributed by atoms with Gasteiger partial charge in [0.1, 0.15) is 17.4 Å². The summed E-state index contributed by atoms with van der Waals surface area (Å²) in [6.45, 7) is 4.78. The molecule has 21 heavy (non-hydrogen) atoms. The lowest BCUT2D eigenvalue weighted by molar-refractivity contribution is 0.400. The summed E-state index contributed by atoms with van der Waals surface area (Å²) in [6, 6.07) is 4.18. The maximum absolute atomic E-state index is 13.6. The van der Waals surface area contributed by atoms with E-state index >= 15 is 0 Å². The van der Waals surface area contributed by atoms with Crippen molar-refractivity contribution in [3.05, 3.63) is 53.4 Å². The lowest BCUT2D eigenvalue weighted by atomic mass is 10.0. The molecule has 2 rings (SSSR count). The normalized spacial score (nSPS) is 12.2. The molecule has 1 atom stereocenters. The van der Waals surface area contributed by atoms with Gasteiger partial charge < -0.3 is 10.1 Å². The third kappa shape index (κ3) is 3.76. The van der Waals surface area contributed by atoms with Gasteiger partial charge in [-0.3, -0.25) is 0 Å². The fourth-order valence-electron chi connectivity index (χ4n) is 2.11. The number of hydrogen-bond acceptors (Lipinski definition) is 4. The van der Waals surface area contributed by atoms with E-state index in [2.05, 4.69) is 22.2 Å².